The molecule has 0 bridgehead atoms. The molecular formula is C16H11NO. The predicted molar refractivity (Wildman–Crippen MR) is 74.5 cm³/mol. The lowest BCUT2D eigenvalue weighted by Crippen LogP contribution is -2.04. The van der Waals surface area contributed by atoms with Crippen molar-refractivity contribution < 1.29 is 4.74 Å². The van der Waals surface area contributed by atoms with E-state index in [-0.39, 0.29) is 0 Å². The lowest BCUT2D eigenvalue weighted by Gasteiger charge is -2.14. The second-order valence-electron chi connectivity index (χ2n) is 4.48. The summed E-state index contributed by atoms with van der Waals surface area (Å²) in [6.45, 7) is 0.423. The van der Waals surface area contributed by atoms with Crippen LogP contribution in [-0.4, -0.2) is 12.9 Å². The highest BCUT2D eigenvalue weighted by molar-refractivity contribution is 6.08. The van der Waals surface area contributed by atoms with Crippen LogP contribution in [0.1, 0.15) is 5.56 Å². The van der Waals surface area contributed by atoms with Crippen molar-refractivity contribution in [3.8, 4) is 5.75 Å². The Morgan fingerprint density at radius 2 is 1.72 bits per heavy atom. The van der Waals surface area contributed by atoms with Crippen molar-refractivity contribution in [3.05, 3.63) is 54.1 Å². The summed E-state index contributed by atoms with van der Waals surface area (Å²) in [6.07, 6.45) is 1.91. The van der Waals surface area contributed by atoms with E-state index in [0.29, 0.717) is 6.73 Å². The van der Waals surface area contributed by atoms with Crippen LogP contribution in [0.4, 0.5) is 0 Å². The van der Waals surface area contributed by atoms with Gasteiger partial charge >= 0.3 is 0 Å². The number of fused-ring (bicyclic) bond motifs is 4. The van der Waals surface area contributed by atoms with Gasteiger partial charge in [0.1, 0.15) is 5.75 Å². The molecule has 0 N–H and O–H groups in total. The number of benzene rings is 3. The average Bonchev–Trinajstić information content (AvgIpc) is 2.45. The normalized spacial score (nSPS) is 13.6. The van der Waals surface area contributed by atoms with Gasteiger partial charge in [-0.3, -0.25) is 4.99 Å². The highest BCUT2D eigenvalue weighted by Gasteiger charge is 2.10. The lowest BCUT2D eigenvalue weighted by molar-refractivity contribution is 0.327. The average molecular weight is 233 g/mol. The molecule has 1 aliphatic rings. The van der Waals surface area contributed by atoms with Gasteiger partial charge < -0.3 is 4.74 Å². The molecule has 0 aromatic heterocycles. The molecule has 4 rings (SSSR count). The molecule has 86 valence electrons. The van der Waals surface area contributed by atoms with Crippen LogP contribution in [0.15, 0.2) is 53.5 Å². The largest absolute Gasteiger partial charge is 0.471 e. The molecule has 0 saturated heterocycles. The first-order chi connectivity index (χ1) is 8.92. The number of ether oxygens (including phenoxy) is 1. The van der Waals surface area contributed by atoms with Crippen LogP contribution in [0, 0.1) is 0 Å². The summed E-state index contributed by atoms with van der Waals surface area (Å²) >= 11 is 0. The molecule has 1 heterocycles. The van der Waals surface area contributed by atoms with E-state index in [1.54, 1.807) is 0 Å². The first-order valence-corrected chi connectivity index (χ1v) is 6.00. The molecular weight excluding hydrogens is 222 g/mol. The fourth-order valence-electron chi connectivity index (χ4n) is 2.51. The van der Waals surface area contributed by atoms with Crippen LogP contribution in [-0.2, 0) is 0 Å². The zero-order valence-corrected chi connectivity index (χ0v) is 9.76. The van der Waals surface area contributed by atoms with Gasteiger partial charge in [-0.25, -0.2) is 0 Å². The topological polar surface area (TPSA) is 21.6 Å². The van der Waals surface area contributed by atoms with Crippen LogP contribution >= 0.6 is 0 Å². The van der Waals surface area contributed by atoms with Gasteiger partial charge in [0, 0.05) is 11.8 Å². The van der Waals surface area contributed by atoms with E-state index in [1.165, 1.54) is 21.5 Å². The Hall–Kier alpha value is -2.35. The van der Waals surface area contributed by atoms with Crippen molar-refractivity contribution in [2.75, 3.05) is 6.73 Å². The minimum atomic E-state index is 0.423. The maximum atomic E-state index is 5.55. The minimum absolute atomic E-state index is 0.423. The van der Waals surface area contributed by atoms with E-state index in [0.717, 1.165) is 11.3 Å². The van der Waals surface area contributed by atoms with E-state index in [9.17, 15) is 0 Å². The Kier molecular flexibility index (Phi) is 1.92. The molecule has 0 spiro atoms. The van der Waals surface area contributed by atoms with Crippen LogP contribution < -0.4 is 4.74 Å². The maximum absolute atomic E-state index is 5.55. The molecule has 0 radical (unpaired) electrons. The highest BCUT2D eigenvalue weighted by Crippen LogP contribution is 2.31. The van der Waals surface area contributed by atoms with E-state index in [4.69, 9.17) is 4.74 Å². The third-order valence-corrected chi connectivity index (χ3v) is 3.40. The summed E-state index contributed by atoms with van der Waals surface area (Å²) in [4.78, 5) is 4.20. The first kappa shape index (κ1) is 9.66. The SMILES string of the molecule is C1=NCOc2ccc3cc4ccccc4cc3c21. The molecule has 0 fully saturated rings. The van der Waals surface area contributed by atoms with E-state index < -0.39 is 0 Å². The third-order valence-electron chi connectivity index (χ3n) is 3.40. The van der Waals surface area contributed by atoms with Gasteiger partial charge in [-0.2, -0.15) is 0 Å². The second-order valence-corrected chi connectivity index (χ2v) is 4.48. The van der Waals surface area contributed by atoms with Crippen molar-refractivity contribution in [2.45, 2.75) is 0 Å². The molecule has 18 heavy (non-hydrogen) atoms. The Morgan fingerprint density at radius 3 is 2.61 bits per heavy atom. The van der Waals surface area contributed by atoms with E-state index in [2.05, 4.69) is 47.5 Å². The first-order valence-electron chi connectivity index (χ1n) is 6.00. The summed E-state index contributed by atoms with van der Waals surface area (Å²) in [6, 6.07) is 17.0. The maximum Gasteiger partial charge on any atom is 0.179 e. The van der Waals surface area contributed by atoms with Crippen LogP contribution in [0.5, 0.6) is 5.75 Å². The quantitative estimate of drug-likeness (QED) is 0.542. The van der Waals surface area contributed by atoms with Crippen molar-refractivity contribution in [1.82, 2.24) is 0 Å². The zero-order valence-electron chi connectivity index (χ0n) is 9.76. The molecule has 0 amide bonds. The van der Waals surface area contributed by atoms with Gasteiger partial charge in [-0.1, -0.05) is 30.3 Å². The fourth-order valence-corrected chi connectivity index (χ4v) is 2.51. The summed E-state index contributed by atoms with van der Waals surface area (Å²) < 4.78 is 5.55. The number of hydrogen-bond acceptors (Lipinski definition) is 2. The van der Waals surface area contributed by atoms with Crippen molar-refractivity contribution in [1.29, 1.82) is 0 Å². The van der Waals surface area contributed by atoms with Crippen LogP contribution in [0.25, 0.3) is 21.5 Å². The summed E-state index contributed by atoms with van der Waals surface area (Å²) in [5, 5.41) is 4.94. The number of hydrogen-bond donors (Lipinski definition) is 0. The van der Waals surface area contributed by atoms with Gasteiger partial charge in [0.2, 0.25) is 0 Å². The molecule has 3 aromatic carbocycles. The van der Waals surface area contributed by atoms with Gasteiger partial charge in [0.15, 0.2) is 6.73 Å². The predicted octanol–water partition coefficient (Wildman–Crippen LogP) is 3.76. The van der Waals surface area contributed by atoms with Gasteiger partial charge in [-0.05, 0) is 39.7 Å². The molecule has 1 aliphatic heterocycles. The molecule has 0 saturated carbocycles. The van der Waals surface area contributed by atoms with Gasteiger partial charge in [0.05, 0.1) is 0 Å². The molecule has 0 atom stereocenters. The standard InChI is InChI=1S/C16H11NO/c1-2-4-12-8-14-13(7-11(12)3-1)5-6-16-15(14)9-17-10-18-16/h1-9H,10H2. The molecule has 2 nitrogen and oxygen atoms in total. The van der Waals surface area contributed by atoms with Crippen molar-refractivity contribution in [3.63, 3.8) is 0 Å². The van der Waals surface area contributed by atoms with Crippen LogP contribution in [0.2, 0.25) is 0 Å². The summed E-state index contributed by atoms with van der Waals surface area (Å²) in [5.74, 6) is 0.924. The Bertz CT molecular complexity index is 790. The molecule has 3 aromatic rings. The molecule has 0 aliphatic carbocycles. The van der Waals surface area contributed by atoms with Crippen LogP contribution in [0.3, 0.4) is 0 Å². The van der Waals surface area contributed by atoms with Gasteiger partial charge in [-0.15, -0.1) is 0 Å². The van der Waals surface area contributed by atoms with E-state index in [1.807, 2.05) is 12.3 Å². The monoisotopic (exact) mass is 233 g/mol. The highest BCUT2D eigenvalue weighted by atomic mass is 16.5. The number of aliphatic imine (C=N–C) groups is 1. The smallest absolute Gasteiger partial charge is 0.179 e. The van der Waals surface area contributed by atoms with E-state index >= 15 is 0 Å². The van der Waals surface area contributed by atoms with Gasteiger partial charge in [0.25, 0.3) is 0 Å². The molecule has 2 heteroatoms. The lowest BCUT2D eigenvalue weighted by atomic mass is 9.99. The zero-order chi connectivity index (χ0) is 11.9. The molecule has 0 unspecified atom stereocenters. The third kappa shape index (κ3) is 1.32. The Morgan fingerprint density at radius 1 is 0.889 bits per heavy atom. The Balaban J connectivity index is 2.16. The fraction of sp³-hybridized carbons (Fsp3) is 0.0625. The van der Waals surface area contributed by atoms with Crippen molar-refractivity contribution in [2.24, 2.45) is 4.99 Å². The number of rotatable bonds is 0. The summed E-state index contributed by atoms with van der Waals surface area (Å²) in [5.41, 5.74) is 1.09. The second kappa shape index (κ2) is 3.57. The Labute approximate surface area is 105 Å². The summed E-state index contributed by atoms with van der Waals surface area (Å²) in [7, 11) is 0. The number of nitrogens with zero attached hydrogens (tertiary/aromatic N) is 1. The minimum Gasteiger partial charge on any atom is -0.471 e. The van der Waals surface area contributed by atoms with Crippen molar-refractivity contribution >= 4 is 27.8 Å².